The number of rotatable bonds is 7. The second kappa shape index (κ2) is 7.41. The van der Waals surface area contributed by atoms with Crippen LogP contribution in [0.3, 0.4) is 0 Å². The highest BCUT2D eigenvalue weighted by atomic mass is 32.1. The van der Waals surface area contributed by atoms with Crippen LogP contribution in [0.25, 0.3) is 0 Å². The Morgan fingerprint density at radius 1 is 1.43 bits per heavy atom. The number of para-hydroxylation sites is 1. The maximum atomic E-state index is 12.2. The first-order valence-electron chi connectivity index (χ1n) is 7.41. The molecule has 21 heavy (non-hydrogen) atoms. The molecule has 1 aromatic rings. The van der Waals surface area contributed by atoms with E-state index in [-0.39, 0.29) is 17.5 Å². The summed E-state index contributed by atoms with van der Waals surface area (Å²) in [5.41, 5.74) is 6.32. The summed E-state index contributed by atoms with van der Waals surface area (Å²) >= 11 is 4.99. The van der Waals surface area contributed by atoms with Gasteiger partial charge in [-0.1, -0.05) is 30.8 Å². The summed E-state index contributed by atoms with van der Waals surface area (Å²) < 4.78 is 5.62. The highest BCUT2D eigenvalue weighted by molar-refractivity contribution is 7.80. The van der Waals surface area contributed by atoms with Gasteiger partial charge in [-0.25, -0.2) is 0 Å². The van der Waals surface area contributed by atoms with Gasteiger partial charge in [0, 0.05) is 13.1 Å². The number of likely N-dealkylation sites (N-methyl/N-ethyl adjacent to an activating group) is 1. The van der Waals surface area contributed by atoms with Crippen molar-refractivity contribution in [1.29, 1.82) is 0 Å². The number of nitrogens with two attached hydrogens (primary N) is 1. The van der Waals surface area contributed by atoms with Crippen molar-refractivity contribution in [3.05, 3.63) is 29.8 Å². The molecule has 0 aliphatic heterocycles. The lowest BCUT2D eigenvalue weighted by atomic mass is 9.85. The lowest BCUT2D eigenvalue weighted by molar-refractivity contribution is -0.134. The van der Waals surface area contributed by atoms with Crippen LogP contribution in [0, 0.1) is 5.92 Å². The fraction of sp³-hybridized carbons (Fsp3) is 0.500. The number of amides is 1. The Morgan fingerprint density at radius 2 is 2.14 bits per heavy atom. The Hall–Kier alpha value is -1.62. The zero-order chi connectivity index (χ0) is 15.2. The number of benzene rings is 1. The molecule has 0 unspecified atom stereocenters. The summed E-state index contributed by atoms with van der Waals surface area (Å²) in [6.07, 6.45) is 3.75. The van der Waals surface area contributed by atoms with Crippen molar-refractivity contribution in [2.75, 3.05) is 19.7 Å². The van der Waals surface area contributed by atoms with Crippen LogP contribution in [-0.2, 0) is 4.79 Å². The summed E-state index contributed by atoms with van der Waals surface area (Å²) in [7, 11) is 0. The third-order valence-electron chi connectivity index (χ3n) is 3.94. The molecule has 1 aliphatic rings. The molecule has 1 fully saturated rings. The molecule has 0 spiro atoms. The summed E-state index contributed by atoms with van der Waals surface area (Å²) in [6, 6.07) is 7.27. The lowest BCUT2D eigenvalue weighted by Gasteiger charge is -2.31. The molecular formula is C16H22N2O2S. The molecule has 0 bridgehead atoms. The number of hydrogen-bond acceptors (Lipinski definition) is 3. The predicted molar refractivity (Wildman–Crippen MR) is 87.4 cm³/mol. The number of carbonyl (C=O) groups is 1. The minimum Gasteiger partial charge on any atom is -0.483 e. The monoisotopic (exact) mass is 306 g/mol. The molecule has 1 aromatic carbocycles. The van der Waals surface area contributed by atoms with E-state index in [1.165, 1.54) is 19.3 Å². The number of hydrogen-bond donors (Lipinski definition) is 1. The fourth-order valence-corrected chi connectivity index (χ4v) is 2.59. The first-order chi connectivity index (χ1) is 10.1. The van der Waals surface area contributed by atoms with Gasteiger partial charge in [0.25, 0.3) is 5.91 Å². The molecule has 1 aliphatic carbocycles. The number of thiocarbonyl (C=S) groups is 1. The van der Waals surface area contributed by atoms with Crippen molar-refractivity contribution in [3.63, 3.8) is 0 Å². The van der Waals surface area contributed by atoms with Crippen LogP contribution in [0.15, 0.2) is 24.3 Å². The molecular weight excluding hydrogens is 284 g/mol. The van der Waals surface area contributed by atoms with Crippen LogP contribution in [0.4, 0.5) is 0 Å². The maximum Gasteiger partial charge on any atom is 0.260 e. The maximum absolute atomic E-state index is 12.2. The van der Waals surface area contributed by atoms with Crippen LogP contribution >= 0.6 is 12.2 Å². The Morgan fingerprint density at radius 3 is 2.71 bits per heavy atom. The normalized spacial score (nSPS) is 14.3. The van der Waals surface area contributed by atoms with E-state index in [2.05, 4.69) is 0 Å². The van der Waals surface area contributed by atoms with Gasteiger partial charge in [0.2, 0.25) is 0 Å². The number of nitrogens with zero attached hydrogens (tertiary/aromatic N) is 1. The largest absolute Gasteiger partial charge is 0.483 e. The molecule has 2 rings (SSSR count). The summed E-state index contributed by atoms with van der Waals surface area (Å²) in [4.78, 5) is 14.4. The Balaban J connectivity index is 1.91. The summed E-state index contributed by atoms with van der Waals surface area (Å²) in [5.74, 6) is 1.25. The van der Waals surface area contributed by atoms with Gasteiger partial charge in [-0.2, -0.15) is 0 Å². The first-order valence-corrected chi connectivity index (χ1v) is 7.82. The zero-order valence-electron chi connectivity index (χ0n) is 12.4. The molecule has 5 heteroatoms. The van der Waals surface area contributed by atoms with E-state index in [4.69, 9.17) is 22.7 Å². The van der Waals surface area contributed by atoms with Crippen molar-refractivity contribution >= 4 is 23.1 Å². The van der Waals surface area contributed by atoms with E-state index in [0.717, 1.165) is 13.1 Å². The van der Waals surface area contributed by atoms with Gasteiger partial charge >= 0.3 is 0 Å². The Labute approximate surface area is 131 Å². The summed E-state index contributed by atoms with van der Waals surface area (Å²) in [5, 5.41) is 0. The van der Waals surface area contributed by atoms with E-state index < -0.39 is 0 Å². The molecule has 0 radical (unpaired) electrons. The van der Waals surface area contributed by atoms with E-state index in [1.54, 1.807) is 12.1 Å². The van der Waals surface area contributed by atoms with Gasteiger partial charge in [-0.3, -0.25) is 4.79 Å². The molecule has 114 valence electrons. The van der Waals surface area contributed by atoms with Crippen molar-refractivity contribution in [1.82, 2.24) is 4.90 Å². The van der Waals surface area contributed by atoms with Crippen molar-refractivity contribution < 1.29 is 9.53 Å². The van der Waals surface area contributed by atoms with Crippen LogP contribution in [-0.4, -0.2) is 35.5 Å². The smallest absolute Gasteiger partial charge is 0.260 e. The molecule has 4 nitrogen and oxygen atoms in total. The van der Waals surface area contributed by atoms with Crippen LogP contribution in [0.1, 0.15) is 31.7 Å². The van der Waals surface area contributed by atoms with E-state index in [1.807, 2.05) is 24.0 Å². The molecule has 1 amide bonds. The van der Waals surface area contributed by atoms with Crippen molar-refractivity contribution in [2.45, 2.75) is 26.2 Å². The number of ether oxygens (including phenoxy) is 1. The Kier molecular flexibility index (Phi) is 5.56. The Bertz CT molecular complexity index is 515. The lowest BCUT2D eigenvalue weighted by Crippen LogP contribution is -2.39. The highest BCUT2D eigenvalue weighted by Gasteiger charge is 2.23. The molecule has 2 N–H and O–H groups in total. The van der Waals surface area contributed by atoms with Crippen molar-refractivity contribution in [2.24, 2.45) is 11.7 Å². The van der Waals surface area contributed by atoms with E-state index >= 15 is 0 Å². The minimum absolute atomic E-state index is 0.0159. The molecule has 1 saturated carbocycles. The first kappa shape index (κ1) is 15.8. The SMILES string of the molecule is CCN(CC1CCC1)C(=O)COc1ccccc1C(N)=S. The van der Waals surface area contributed by atoms with Crippen LogP contribution < -0.4 is 10.5 Å². The van der Waals surface area contributed by atoms with Crippen molar-refractivity contribution in [3.8, 4) is 5.75 Å². The predicted octanol–water partition coefficient (Wildman–Crippen LogP) is 2.35. The van der Waals surface area contributed by atoms with Gasteiger partial charge in [0.05, 0.1) is 5.56 Å². The number of carbonyl (C=O) groups excluding carboxylic acids is 1. The standard InChI is InChI=1S/C16H22N2O2S/c1-2-18(10-12-6-5-7-12)15(19)11-20-14-9-4-3-8-13(14)16(17)21/h3-4,8-9,12H,2,5-7,10-11H2,1H3,(H2,17,21). The quantitative estimate of drug-likeness (QED) is 0.786. The molecule has 0 saturated heterocycles. The highest BCUT2D eigenvalue weighted by Crippen LogP contribution is 2.27. The summed E-state index contributed by atoms with van der Waals surface area (Å²) in [6.45, 7) is 3.59. The molecule has 0 atom stereocenters. The molecule has 0 heterocycles. The average Bonchev–Trinajstić information content (AvgIpc) is 2.44. The fourth-order valence-electron chi connectivity index (χ4n) is 2.42. The second-order valence-electron chi connectivity index (χ2n) is 5.38. The second-order valence-corrected chi connectivity index (χ2v) is 5.82. The third kappa shape index (κ3) is 4.17. The van der Waals surface area contributed by atoms with E-state index in [9.17, 15) is 4.79 Å². The van der Waals surface area contributed by atoms with Gasteiger partial charge in [-0.15, -0.1) is 0 Å². The average molecular weight is 306 g/mol. The third-order valence-corrected chi connectivity index (χ3v) is 4.16. The minimum atomic E-state index is 0.0159. The van der Waals surface area contributed by atoms with Crippen LogP contribution in [0.2, 0.25) is 0 Å². The van der Waals surface area contributed by atoms with Gasteiger partial charge < -0.3 is 15.4 Å². The molecule has 0 aromatic heterocycles. The topological polar surface area (TPSA) is 55.6 Å². The zero-order valence-corrected chi connectivity index (χ0v) is 13.2. The van der Waals surface area contributed by atoms with E-state index in [0.29, 0.717) is 17.2 Å². The van der Waals surface area contributed by atoms with Crippen LogP contribution in [0.5, 0.6) is 5.75 Å². The van der Waals surface area contributed by atoms with Gasteiger partial charge in [0.1, 0.15) is 10.7 Å². The van der Waals surface area contributed by atoms with Gasteiger partial charge in [-0.05, 0) is 37.8 Å². The van der Waals surface area contributed by atoms with Gasteiger partial charge in [0.15, 0.2) is 6.61 Å².